The smallest absolute Gasteiger partial charge is 0.128 e. The van der Waals surface area contributed by atoms with Crippen LogP contribution >= 0.6 is 0 Å². The molecule has 0 radical (unpaired) electrons. The predicted molar refractivity (Wildman–Crippen MR) is 80.8 cm³/mol. The molecule has 1 aromatic carbocycles. The Kier molecular flexibility index (Phi) is 8.81. The highest BCUT2D eigenvalue weighted by Gasteiger charge is 1.95. The Morgan fingerprint density at radius 2 is 1.61 bits per heavy atom. The average molecular weight is 246 g/mol. The number of aryl methyl sites for hydroxylation is 1. The summed E-state index contributed by atoms with van der Waals surface area (Å²) >= 11 is 0. The summed E-state index contributed by atoms with van der Waals surface area (Å²) in [5, 5.41) is 1.11. The van der Waals surface area contributed by atoms with Crippen molar-refractivity contribution in [2.24, 2.45) is 5.92 Å². The second-order valence-electron chi connectivity index (χ2n) is 4.43. The molecule has 100 valence electrons. The van der Waals surface area contributed by atoms with Gasteiger partial charge in [0.05, 0.1) is 5.52 Å². The molecule has 2 nitrogen and oxygen atoms in total. The van der Waals surface area contributed by atoms with Crippen molar-refractivity contribution in [3.63, 3.8) is 0 Å². The first-order chi connectivity index (χ1) is 8.63. The molecule has 0 amide bonds. The van der Waals surface area contributed by atoms with Gasteiger partial charge in [0, 0.05) is 18.0 Å². The molecule has 1 aromatic heterocycles. The van der Waals surface area contributed by atoms with Crippen molar-refractivity contribution in [3.05, 3.63) is 36.3 Å². The van der Waals surface area contributed by atoms with Gasteiger partial charge in [-0.2, -0.15) is 0 Å². The van der Waals surface area contributed by atoms with Crippen LogP contribution in [-0.2, 0) is 6.42 Å². The van der Waals surface area contributed by atoms with Gasteiger partial charge in [0.15, 0.2) is 0 Å². The van der Waals surface area contributed by atoms with E-state index in [0.717, 1.165) is 29.1 Å². The zero-order valence-corrected chi connectivity index (χ0v) is 12.6. The normalized spacial score (nSPS) is 9.28. The number of hydrogen-bond donors (Lipinski definition) is 0. The molecule has 18 heavy (non-hydrogen) atoms. The fourth-order valence-corrected chi connectivity index (χ4v) is 1.18. The molecule has 0 fully saturated rings. The van der Waals surface area contributed by atoms with Crippen molar-refractivity contribution < 1.29 is 0 Å². The third-order valence-electron chi connectivity index (χ3n) is 1.86. The molecule has 0 atom stereocenters. The quantitative estimate of drug-likeness (QED) is 0.716. The molecule has 0 saturated heterocycles. The predicted octanol–water partition coefficient (Wildman–Crippen LogP) is 4.88. The van der Waals surface area contributed by atoms with Gasteiger partial charge in [-0.15, -0.1) is 0 Å². The Bertz CT molecular complexity index is 433. The average Bonchev–Trinajstić information content (AvgIpc) is 2.40. The lowest BCUT2D eigenvalue weighted by Gasteiger charge is -1.97. The SMILES string of the molecule is CC.CC(C)C.CCc1ncc2ccccc2n1. The Balaban J connectivity index is 0.000000415. The first-order valence-corrected chi connectivity index (χ1v) is 6.84. The van der Waals surface area contributed by atoms with Gasteiger partial charge in [-0.25, -0.2) is 9.97 Å². The van der Waals surface area contributed by atoms with E-state index in [-0.39, 0.29) is 0 Å². The third kappa shape index (κ3) is 6.33. The molecule has 0 aliphatic carbocycles. The van der Waals surface area contributed by atoms with Crippen molar-refractivity contribution in [2.75, 3.05) is 0 Å². The van der Waals surface area contributed by atoms with E-state index in [4.69, 9.17) is 0 Å². The molecular formula is C16H26N2. The Morgan fingerprint density at radius 3 is 2.17 bits per heavy atom. The van der Waals surface area contributed by atoms with Gasteiger partial charge in [0.25, 0.3) is 0 Å². The molecule has 2 rings (SSSR count). The van der Waals surface area contributed by atoms with E-state index in [1.54, 1.807) is 0 Å². The van der Waals surface area contributed by atoms with Gasteiger partial charge in [-0.1, -0.05) is 59.7 Å². The van der Waals surface area contributed by atoms with E-state index in [9.17, 15) is 0 Å². The van der Waals surface area contributed by atoms with Crippen molar-refractivity contribution in [2.45, 2.75) is 48.0 Å². The van der Waals surface area contributed by atoms with Crippen LogP contribution in [0.25, 0.3) is 10.9 Å². The number of fused-ring (bicyclic) bond motifs is 1. The molecule has 2 aromatic rings. The largest absolute Gasteiger partial charge is 0.241 e. The van der Waals surface area contributed by atoms with Crippen LogP contribution in [0.1, 0.15) is 47.4 Å². The van der Waals surface area contributed by atoms with Gasteiger partial charge < -0.3 is 0 Å². The lowest BCUT2D eigenvalue weighted by Crippen LogP contribution is -1.91. The molecule has 0 unspecified atom stereocenters. The summed E-state index contributed by atoms with van der Waals surface area (Å²) in [5.41, 5.74) is 1.03. The van der Waals surface area contributed by atoms with Crippen LogP contribution in [0, 0.1) is 5.92 Å². The van der Waals surface area contributed by atoms with Gasteiger partial charge in [-0.3, -0.25) is 0 Å². The van der Waals surface area contributed by atoms with Crippen LogP contribution in [0.4, 0.5) is 0 Å². The maximum Gasteiger partial charge on any atom is 0.128 e. The highest BCUT2D eigenvalue weighted by molar-refractivity contribution is 5.77. The van der Waals surface area contributed by atoms with Crippen LogP contribution in [0.5, 0.6) is 0 Å². The number of aromatic nitrogens is 2. The maximum atomic E-state index is 4.38. The summed E-state index contributed by atoms with van der Waals surface area (Å²) in [5.74, 6) is 1.74. The van der Waals surface area contributed by atoms with E-state index >= 15 is 0 Å². The number of benzene rings is 1. The van der Waals surface area contributed by atoms with Crippen LogP contribution < -0.4 is 0 Å². The number of nitrogens with zero attached hydrogens (tertiary/aromatic N) is 2. The standard InChI is InChI=1S/C10H10N2.C4H10.C2H6/c1-2-10-11-7-8-5-3-4-6-9(8)12-10;1-4(2)3;1-2/h3-7H,2H2,1H3;4H,1-3H3;1-2H3. The van der Waals surface area contributed by atoms with Gasteiger partial charge in [0.1, 0.15) is 5.82 Å². The van der Waals surface area contributed by atoms with Crippen molar-refractivity contribution >= 4 is 10.9 Å². The molecule has 0 aliphatic rings. The van der Waals surface area contributed by atoms with Gasteiger partial charge in [-0.05, 0) is 12.0 Å². The minimum Gasteiger partial charge on any atom is -0.241 e. The molecule has 0 saturated carbocycles. The number of para-hydroxylation sites is 1. The number of hydrogen-bond acceptors (Lipinski definition) is 2. The van der Waals surface area contributed by atoms with Gasteiger partial charge in [0.2, 0.25) is 0 Å². The zero-order chi connectivity index (χ0) is 14.0. The Hall–Kier alpha value is -1.44. The fraction of sp³-hybridized carbons (Fsp3) is 0.500. The summed E-state index contributed by atoms with van der Waals surface area (Å²) in [6.45, 7) is 12.6. The van der Waals surface area contributed by atoms with E-state index < -0.39 is 0 Å². The summed E-state index contributed by atoms with van der Waals surface area (Å²) in [6, 6.07) is 8.02. The van der Waals surface area contributed by atoms with E-state index in [1.165, 1.54) is 0 Å². The third-order valence-corrected chi connectivity index (χ3v) is 1.86. The van der Waals surface area contributed by atoms with Crippen LogP contribution in [0.3, 0.4) is 0 Å². The Labute approximate surface area is 111 Å². The highest BCUT2D eigenvalue weighted by atomic mass is 14.9. The molecule has 2 heteroatoms. The number of rotatable bonds is 1. The topological polar surface area (TPSA) is 25.8 Å². The van der Waals surface area contributed by atoms with E-state index in [1.807, 2.05) is 44.3 Å². The molecule has 1 heterocycles. The lowest BCUT2D eigenvalue weighted by molar-refractivity contribution is 0.737. The molecule has 0 spiro atoms. The molecule has 0 N–H and O–H groups in total. The molecular weight excluding hydrogens is 220 g/mol. The second-order valence-corrected chi connectivity index (χ2v) is 4.43. The first-order valence-electron chi connectivity index (χ1n) is 6.84. The van der Waals surface area contributed by atoms with Crippen molar-refractivity contribution in [1.29, 1.82) is 0 Å². The summed E-state index contributed by atoms with van der Waals surface area (Å²) in [4.78, 5) is 8.60. The van der Waals surface area contributed by atoms with Gasteiger partial charge >= 0.3 is 0 Å². The van der Waals surface area contributed by atoms with Crippen LogP contribution in [-0.4, -0.2) is 9.97 Å². The summed E-state index contributed by atoms with van der Waals surface area (Å²) in [6.07, 6.45) is 2.77. The zero-order valence-electron chi connectivity index (χ0n) is 12.6. The minimum atomic E-state index is 0.833. The Morgan fingerprint density at radius 1 is 1.06 bits per heavy atom. The van der Waals surface area contributed by atoms with E-state index in [2.05, 4.69) is 37.7 Å². The minimum absolute atomic E-state index is 0.833. The molecule has 0 aliphatic heterocycles. The fourth-order valence-electron chi connectivity index (χ4n) is 1.18. The van der Waals surface area contributed by atoms with Crippen LogP contribution in [0.2, 0.25) is 0 Å². The molecule has 0 bridgehead atoms. The van der Waals surface area contributed by atoms with Crippen molar-refractivity contribution in [3.8, 4) is 0 Å². The van der Waals surface area contributed by atoms with E-state index in [0.29, 0.717) is 0 Å². The highest BCUT2D eigenvalue weighted by Crippen LogP contribution is 2.09. The lowest BCUT2D eigenvalue weighted by atomic mass is 10.2. The summed E-state index contributed by atoms with van der Waals surface area (Å²) in [7, 11) is 0. The van der Waals surface area contributed by atoms with Crippen LogP contribution in [0.15, 0.2) is 30.5 Å². The second kappa shape index (κ2) is 9.58. The van der Waals surface area contributed by atoms with Crippen molar-refractivity contribution in [1.82, 2.24) is 9.97 Å². The first kappa shape index (κ1) is 16.6. The summed E-state index contributed by atoms with van der Waals surface area (Å²) < 4.78 is 0. The maximum absolute atomic E-state index is 4.38. The monoisotopic (exact) mass is 246 g/mol.